The zero-order valence-electron chi connectivity index (χ0n) is 8.16. The number of hydrogen-bond acceptors (Lipinski definition) is 1. The van der Waals surface area contributed by atoms with E-state index in [9.17, 15) is 4.79 Å². The Morgan fingerprint density at radius 1 is 1.43 bits per heavy atom. The number of carbonyl (C=O) groups excluding carboxylic acids is 1. The summed E-state index contributed by atoms with van der Waals surface area (Å²) in [5.41, 5.74) is 2.79. The first-order chi connectivity index (χ1) is 6.83. The summed E-state index contributed by atoms with van der Waals surface area (Å²) in [7, 11) is 0. The normalized spacial score (nSPS) is 10.1. The molecule has 0 radical (unpaired) electrons. The predicted molar refractivity (Wildman–Crippen MR) is 60.9 cm³/mol. The van der Waals surface area contributed by atoms with E-state index in [1.807, 2.05) is 37.3 Å². The van der Waals surface area contributed by atoms with Crippen molar-refractivity contribution < 1.29 is 4.79 Å². The molecule has 2 heteroatoms. The maximum absolute atomic E-state index is 10.4. The van der Waals surface area contributed by atoms with Crippen LogP contribution < -0.4 is 5.32 Å². The Hall–Kier alpha value is -1.83. The fourth-order valence-electron chi connectivity index (χ4n) is 1.30. The first-order valence-corrected chi connectivity index (χ1v) is 4.41. The van der Waals surface area contributed by atoms with E-state index in [-0.39, 0.29) is 0 Å². The van der Waals surface area contributed by atoms with Gasteiger partial charge in [0.1, 0.15) is 0 Å². The summed E-state index contributed by atoms with van der Waals surface area (Å²) in [6.45, 7) is 5.66. The SMILES string of the molecule is C=Cc1cccc(NC=O)c1/C=C\C. The third-order valence-corrected chi connectivity index (χ3v) is 1.91. The molecule has 0 aliphatic rings. The van der Waals surface area contributed by atoms with Gasteiger partial charge in [-0.1, -0.05) is 36.9 Å². The zero-order chi connectivity index (χ0) is 10.4. The molecule has 0 heterocycles. The molecular weight excluding hydrogens is 174 g/mol. The summed E-state index contributed by atoms with van der Waals surface area (Å²) in [5, 5.41) is 2.66. The van der Waals surface area contributed by atoms with Crippen LogP contribution in [0.3, 0.4) is 0 Å². The quantitative estimate of drug-likeness (QED) is 0.721. The molecule has 1 aromatic rings. The van der Waals surface area contributed by atoms with Gasteiger partial charge >= 0.3 is 0 Å². The van der Waals surface area contributed by atoms with E-state index in [4.69, 9.17) is 0 Å². The van der Waals surface area contributed by atoms with Crippen molar-refractivity contribution in [1.82, 2.24) is 0 Å². The lowest BCUT2D eigenvalue weighted by Gasteiger charge is -2.07. The van der Waals surface area contributed by atoms with E-state index >= 15 is 0 Å². The number of hydrogen-bond donors (Lipinski definition) is 1. The zero-order valence-corrected chi connectivity index (χ0v) is 8.16. The highest BCUT2D eigenvalue weighted by Gasteiger charge is 2.01. The standard InChI is InChI=1S/C12H13NO/c1-3-6-11-10(4-2)7-5-8-12(11)13-9-14/h3-9H,2H2,1H3,(H,13,14)/b6-3-. The molecule has 72 valence electrons. The molecule has 0 unspecified atom stereocenters. The molecule has 0 saturated carbocycles. The number of benzene rings is 1. The van der Waals surface area contributed by atoms with Gasteiger partial charge in [-0.15, -0.1) is 0 Å². The lowest BCUT2D eigenvalue weighted by Crippen LogP contribution is -1.97. The number of allylic oxidation sites excluding steroid dienone is 1. The maximum atomic E-state index is 10.4. The van der Waals surface area contributed by atoms with Crippen LogP contribution in [0.25, 0.3) is 12.2 Å². The average Bonchev–Trinajstić information content (AvgIpc) is 2.21. The minimum atomic E-state index is 0.676. The van der Waals surface area contributed by atoms with Crippen LogP contribution >= 0.6 is 0 Å². The van der Waals surface area contributed by atoms with Crippen molar-refractivity contribution in [2.45, 2.75) is 6.92 Å². The minimum Gasteiger partial charge on any atom is -0.328 e. The Kier molecular flexibility index (Phi) is 3.68. The number of nitrogens with one attached hydrogen (secondary N) is 1. The van der Waals surface area contributed by atoms with E-state index < -0.39 is 0 Å². The van der Waals surface area contributed by atoms with Crippen molar-refractivity contribution in [3.8, 4) is 0 Å². The van der Waals surface area contributed by atoms with E-state index in [1.165, 1.54) is 0 Å². The first kappa shape index (κ1) is 10.3. The molecular formula is C12H13NO. The lowest BCUT2D eigenvalue weighted by molar-refractivity contribution is -0.105. The molecule has 14 heavy (non-hydrogen) atoms. The van der Waals surface area contributed by atoms with Crippen LogP contribution in [-0.2, 0) is 4.79 Å². The van der Waals surface area contributed by atoms with Gasteiger partial charge in [-0.25, -0.2) is 0 Å². The van der Waals surface area contributed by atoms with Gasteiger partial charge in [0.25, 0.3) is 0 Å². The Balaban J connectivity index is 3.26. The molecule has 0 saturated heterocycles. The van der Waals surface area contributed by atoms with Crippen LogP contribution in [0, 0.1) is 0 Å². The molecule has 0 fully saturated rings. The number of carbonyl (C=O) groups is 1. The molecule has 0 aliphatic carbocycles. The van der Waals surface area contributed by atoms with Gasteiger partial charge in [0, 0.05) is 11.3 Å². The largest absolute Gasteiger partial charge is 0.328 e. The van der Waals surface area contributed by atoms with Crippen molar-refractivity contribution in [3.05, 3.63) is 42.0 Å². The highest BCUT2D eigenvalue weighted by Crippen LogP contribution is 2.22. The third-order valence-electron chi connectivity index (χ3n) is 1.91. The van der Waals surface area contributed by atoms with E-state index in [0.29, 0.717) is 6.41 Å². The van der Waals surface area contributed by atoms with Crippen molar-refractivity contribution >= 4 is 24.2 Å². The van der Waals surface area contributed by atoms with Crippen LogP contribution in [0.4, 0.5) is 5.69 Å². The van der Waals surface area contributed by atoms with Gasteiger partial charge in [0.05, 0.1) is 0 Å². The predicted octanol–water partition coefficient (Wildman–Crippen LogP) is 2.93. The fraction of sp³-hybridized carbons (Fsp3) is 0.0833. The molecule has 1 amide bonds. The van der Waals surface area contributed by atoms with Crippen LogP contribution in [0.2, 0.25) is 0 Å². The van der Waals surface area contributed by atoms with Crippen LogP contribution in [0.1, 0.15) is 18.1 Å². The van der Waals surface area contributed by atoms with Crippen LogP contribution in [0.15, 0.2) is 30.9 Å². The van der Waals surface area contributed by atoms with Crippen molar-refractivity contribution in [2.24, 2.45) is 0 Å². The molecule has 0 aliphatic heterocycles. The summed E-state index contributed by atoms with van der Waals surface area (Å²) >= 11 is 0. The smallest absolute Gasteiger partial charge is 0.211 e. The Bertz CT molecular complexity index is 367. The summed E-state index contributed by atoms with van der Waals surface area (Å²) < 4.78 is 0. The highest BCUT2D eigenvalue weighted by atomic mass is 16.1. The minimum absolute atomic E-state index is 0.676. The van der Waals surface area contributed by atoms with Crippen molar-refractivity contribution in [1.29, 1.82) is 0 Å². The number of anilines is 1. The fourth-order valence-corrected chi connectivity index (χ4v) is 1.30. The average molecular weight is 187 g/mol. The van der Waals surface area contributed by atoms with E-state index in [2.05, 4.69) is 11.9 Å². The second kappa shape index (κ2) is 5.02. The summed E-state index contributed by atoms with van der Waals surface area (Å²) in [6.07, 6.45) is 6.32. The molecule has 1 rings (SSSR count). The van der Waals surface area contributed by atoms with E-state index in [1.54, 1.807) is 6.08 Å². The van der Waals surface area contributed by atoms with Gasteiger partial charge in [-0.05, 0) is 18.6 Å². The second-order valence-electron chi connectivity index (χ2n) is 2.77. The Morgan fingerprint density at radius 3 is 2.79 bits per heavy atom. The topological polar surface area (TPSA) is 29.1 Å². The van der Waals surface area contributed by atoms with Gasteiger partial charge in [-0.3, -0.25) is 4.79 Å². The Labute approximate surface area is 84.0 Å². The van der Waals surface area contributed by atoms with Gasteiger partial charge in [-0.2, -0.15) is 0 Å². The molecule has 0 bridgehead atoms. The van der Waals surface area contributed by atoms with Crippen LogP contribution in [-0.4, -0.2) is 6.41 Å². The van der Waals surface area contributed by atoms with Gasteiger partial charge < -0.3 is 5.32 Å². The number of rotatable bonds is 4. The highest BCUT2D eigenvalue weighted by molar-refractivity contribution is 5.82. The number of amides is 1. The summed E-state index contributed by atoms with van der Waals surface area (Å²) in [4.78, 5) is 10.4. The summed E-state index contributed by atoms with van der Waals surface area (Å²) in [5.74, 6) is 0. The third kappa shape index (κ3) is 2.10. The molecule has 0 spiro atoms. The second-order valence-corrected chi connectivity index (χ2v) is 2.77. The molecule has 1 N–H and O–H groups in total. The molecule has 1 aromatic carbocycles. The maximum Gasteiger partial charge on any atom is 0.211 e. The first-order valence-electron chi connectivity index (χ1n) is 4.41. The van der Waals surface area contributed by atoms with Crippen LogP contribution in [0.5, 0.6) is 0 Å². The molecule has 0 aromatic heterocycles. The monoisotopic (exact) mass is 187 g/mol. The van der Waals surface area contributed by atoms with Crippen molar-refractivity contribution in [2.75, 3.05) is 5.32 Å². The molecule has 0 atom stereocenters. The van der Waals surface area contributed by atoms with Crippen molar-refractivity contribution in [3.63, 3.8) is 0 Å². The Morgan fingerprint density at radius 2 is 2.21 bits per heavy atom. The lowest BCUT2D eigenvalue weighted by atomic mass is 10.0. The molecule has 2 nitrogen and oxygen atoms in total. The van der Waals surface area contributed by atoms with Gasteiger partial charge in [0.15, 0.2) is 0 Å². The van der Waals surface area contributed by atoms with E-state index in [0.717, 1.165) is 16.8 Å². The summed E-state index contributed by atoms with van der Waals surface area (Å²) in [6, 6.07) is 5.70. The van der Waals surface area contributed by atoms with Gasteiger partial charge in [0.2, 0.25) is 6.41 Å².